The van der Waals surface area contributed by atoms with Crippen LogP contribution in [-0.4, -0.2) is 0 Å². The molecule has 2 saturated carbocycles. The average Bonchev–Trinajstić information content (AvgIpc) is 2.86. The molecule has 6 heteroatoms. The van der Waals surface area contributed by atoms with E-state index in [0.29, 0.717) is 18.1 Å². The molecule has 2 aromatic rings. The maximum atomic E-state index is 14.5. The molecule has 4 rings (SSSR count). The maximum absolute atomic E-state index is 14.5. The zero-order chi connectivity index (χ0) is 25.0. The van der Waals surface area contributed by atoms with Crippen LogP contribution in [0, 0.1) is 35.2 Å². The van der Waals surface area contributed by atoms with Gasteiger partial charge in [0.2, 0.25) is 0 Å². The predicted molar refractivity (Wildman–Crippen MR) is 127 cm³/mol. The van der Waals surface area contributed by atoms with Crippen molar-refractivity contribution in [3.63, 3.8) is 0 Å². The van der Waals surface area contributed by atoms with E-state index in [1.54, 1.807) is 12.1 Å². The third-order valence-corrected chi connectivity index (χ3v) is 8.30. The summed E-state index contributed by atoms with van der Waals surface area (Å²) < 4.78 is 73.4. The van der Waals surface area contributed by atoms with Crippen molar-refractivity contribution < 1.29 is 26.7 Å². The van der Waals surface area contributed by atoms with Crippen molar-refractivity contribution in [2.45, 2.75) is 89.6 Å². The van der Waals surface area contributed by atoms with Crippen molar-refractivity contribution in [3.05, 3.63) is 65.0 Å². The summed E-state index contributed by atoms with van der Waals surface area (Å²) in [6, 6.07) is 6.80. The minimum atomic E-state index is -3.80. The highest BCUT2D eigenvalue weighted by Crippen LogP contribution is 2.41. The zero-order valence-corrected chi connectivity index (χ0v) is 20.3. The Morgan fingerprint density at radius 3 is 1.74 bits per heavy atom. The van der Waals surface area contributed by atoms with E-state index in [9.17, 15) is 22.0 Å². The molecule has 35 heavy (non-hydrogen) atoms. The second-order valence-electron chi connectivity index (χ2n) is 10.5. The Hall–Kier alpha value is -2.11. The first-order valence-corrected chi connectivity index (χ1v) is 13.1. The Labute approximate surface area is 205 Å². The lowest BCUT2D eigenvalue weighted by Gasteiger charge is -2.32. The Balaban J connectivity index is 1.27. The first-order chi connectivity index (χ1) is 16.7. The predicted octanol–water partition coefficient (Wildman–Crippen LogP) is 9.50. The van der Waals surface area contributed by atoms with Crippen LogP contribution >= 0.6 is 0 Å². The second-order valence-corrected chi connectivity index (χ2v) is 10.5. The Bertz CT molecular complexity index is 935. The average molecular weight is 495 g/mol. The van der Waals surface area contributed by atoms with Gasteiger partial charge < -0.3 is 4.74 Å². The molecule has 0 amide bonds. The van der Waals surface area contributed by atoms with Crippen molar-refractivity contribution in [2.24, 2.45) is 17.8 Å². The fourth-order valence-corrected chi connectivity index (χ4v) is 5.93. The van der Waals surface area contributed by atoms with Crippen molar-refractivity contribution in [3.8, 4) is 5.75 Å². The largest absolute Gasteiger partial charge is 0.429 e. The smallest absolute Gasteiger partial charge is 0.426 e. The van der Waals surface area contributed by atoms with Crippen LogP contribution in [0.4, 0.5) is 22.0 Å². The quantitative estimate of drug-likeness (QED) is 0.262. The standard InChI is InChI=1S/C29H35F5O/c1-2-19-3-5-20(6-4-19)7-8-21-9-11-22(12-10-21)23-13-15-24(16-14-23)29(33,34)35-25-17-26(30)28(32)27(31)18-25/h13-22H,2-12H2,1H3/t19-,20-,21?,22?. The summed E-state index contributed by atoms with van der Waals surface area (Å²) in [4.78, 5) is 0. The number of rotatable bonds is 8. The summed E-state index contributed by atoms with van der Waals surface area (Å²) in [5.74, 6) is -2.69. The van der Waals surface area contributed by atoms with Crippen LogP contribution in [0.25, 0.3) is 0 Å². The summed E-state index contributed by atoms with van der Waals surface area (Å²) in [7, 11) is 0. The van der Waals surface area contributed by atoms with Gasteiger partial charge in [-0.05, 0) is 67.1 Å². The molecule has 0 unspecified atom stereocenters. The van der Waals surface area contributed by atoms with Gasteiger partial charge in [0.1, 0.15) is 5.75 Å². The number of benzene rings is 2. The highest BCUT2D eigenvalue weighted by atomic mass is 19.3. The SMILES string of the molecule is CC[C@H]1CC[C@H](CCC2CCC(c3ccc(C(F)(F)Oc4cc(F)c(F)c(F)c4)cc3)CC2)CC1. The summed E-state index contributed by atoms with van der Waals surface area (Å²) in [5.41, 5.74) is 0.609. The Morgan fingerprint density at radius 2 is 1.23 bits per heavy atom. The Morgan fingerprint density at radius 1 is 0.743 bits per heavy atom. The van der Waals surface area contributed by atoms with Gasteiger partial charge in [-0.3, -0.25) is 0 Å². The first kappa shape index (κ1) is 26.0. The third kappa shape index (κ3) is 6.56. The van der Waals surface area contributed by atoms with Crippen LogP contribution in [0.3, 0.4) is 0 Å². The monoisotopic (exact) mass is 494 g/mol. The van der Waals surface area contributed by atoms with Gasteiger partial charge in [-0.1, -0.05) is 64.0 Å². The van der Waals surface area contributed by atoms with Crippen molar-refractivity contribution in [1.29, 1.82) is 0 Å². The van der Waals surface area contributed by atoms with E-state index in [4.69, 9.17) is 0 Å². The topological polar surface area (TPSA) is 9.23 Å². The van der Waals surface area contributed by atoms with E-state index in [-0.39, 0.29) is 0 Å². The molecule has 2 aliphatic carbocycles. The normalized spacial score (nSPS) is 25.4. The van der Waals surface area contributed by atoms with Gasteiger partial charge in [0.05, 0.1) is 5.56 Å². The minimum Gasteiger partial charge on any atom is -0.429 e. The minimum absolute atomic E-state index is 0.357. The second kappa shape index (κ2) is 11.3. The van der Waals surface area contributed by atoms with E-state index in [1.165, 1.54) is 69.9 Å². The van der Waals surface area contributed by atoms with Crippen molar-refractivity contribution in [2.75, 3.05) is 0 Å². The van der Waals surface area contributed by atoms with Gasteiger partial charge in [0.25, 0.3) is 0 Å². The fraction of sp³-hybridized carbons (Fsp3) is 0.586. The lowest BCUT2D eigenvalue weighted by Crippen LogP contribution is -2.22. The molecule has 2 aromatic carbocycles. The van der Waals surface area contributed by atoms with Gasteiger partial charge in [-0.25, -0.2) is 13.2 Å². The number of halogens is 5. The van der Waals surface area contributed by atoms with Crippen LogP contribution in [0.1, 0.15) is 94.6 Å². The van der Waals surface area contributed by atoms with Crippen molar-refractivity contribution in [1.82, 2.24) is 0 Å². The van der Waals surface area contributed by atoms with Crippen LogP contribution in [-0.2, 0) is 6.11 Å². The van der Waals surface area contributed by atoms with E-state index >= 15 is 0 Å². The molecular weight excluding hydrogens is 459 g/mol. The molecule has 2 fully saturated rings. The highest BCUT2D eigenvalue weighted by Gasteiger charge is 2.35. The number of ether oxygens (including phenoxy) is 1. The third-order valence-electron chi connectivity index (χ3n) is 8.30. The fourth-order valence-electron chi connectivity index (χ4n) is 5.93. The molecular formula is C29H35F5O. The molecule has 192 valence electrons. The first-order valence-electron chi connectivity index (χ1n) is 13.1. The molecule has 0 saturated heterocycles. The van der Waals surface area contributed by atoms with Gasteiger partial charge in [0, 0.05) is 12.1 Å². The van der Waals surface area contributed by atoms with Gasteiger partial charge >= 0.3 is 6.11 Å². The molecule has 2 aliphatic rings. The molecule has 0 bridgehead atoms. The zero-order valence-electron chi connectivity index (χ0n) is 20.3. The molecule has 0 heterocycles. The highest BCUT2D eigenvalue weighted by molar-refractivity contribution is 5.30. The summed E-state index contributed by atoms with van der Waals surface area (Å²) >= 11 is 0. The van der Waals surface area contributed by atoms with Crippen molar-refractivity contribution >= 4 is 0 Å². The van der Waals surface area contributed by atoms with Gasteiger partial charge in [-0.15, -0.1) is 0 Å². The lowest BCUT2D eigenvalue weighted by molar-refractivity contribution is -0.185. The number of hydrogen-bond acceptors (Lipinski definition) is 1. The molecule has 0 N–H and O–H groups in total. The molecule has 0 aromatic heterocycles. The summed E-state index contributed by atoms with van der Waals surface area (Å²) in [6.07, 6.45) is 10.2. The van der Waals surface area contributed by atoms with E-state index < -0.39 is 34.9 Å². The summed E-state index contributed by atoms with van der Waals surface area (Å²) in [6.45, 7) is 2.30. The van der Waals surface area contributed by atoms with Gasteiger partial charge in [0.15, 0.2) is 17.5 Å². The van der Waals surface area contributed by atoms with E-state index in [2.05, 4.69) is 11.7 Å². The number of hydrogen-bond donors (Lipinski definition) is 0. The van der Waals surface area contributed by atoms with Crippen LogP contribution < -0.4 is 4.74 Å². The molecule has 0 spiro atoms. The molecule has 1 nitrogen and oxygen atoms in total. The molecule has 0 radical (unpaired) electrons. The Kier molecular flexibility index (Phi) is 8.38. The van der Waals surface area contributed by atoms with Gasteiger partial charge in [-0.2, -0.15) is 8.78 Å². The van der Waals surface area contributed by atoms with E-state index in [1.807, 2.05) is 0 Å². The van der Waals surface area contributed by atoms with E-state index in [0.717, 1.165) is 36.2 Å². The summed E-state index contributed by atoms with van der Waals surface area (Å²) in [5, 5.41) is 0. The molecule has 0 aliphatic heterocycles. The maximum Gasteiger partial charge on any atom is 0.426 e. The van der Waals surface area contributed by atoms with Crippen LogP contribution in [0.5, 0.6) is 5.75 Å². The van der Waals surface area contributed by atoms with Crippen LogP contribution in [0.2, 0.25) is 0 Å². The molecule has 0 atom stereocenters. The van der Waals surface area contributed by atoms with Crippen LogP contribution in [0.15, 0.2) is 36.4 Å². The lowest BCUT2D eigenvalue weighted by atomic mass is 9.74. The number of alkyl halides is 2.